The number of anilines is 2. The van der Waals surface area contributed by atoms with Crippen LogP contribution in [0.25, 0.3) is 0 Å². The van der Waals surface area contributed by atoms with Gasteiger partial charge in [-0.3, -0.25) is 4.79 Å². The van der Waals surface area contributed by atoms with E-state index in [1.165, 1.54) is 19.3 Å². The predicted octanol–water partition coefficient (Wildman–Crippen LogP) is 1.75. The molecule has 2 heterocycles. The number of piperidine rings is 1. The smallest absolute Gasteiger partial charge is 0.224 e. The highest BCUT2D eigenvalue weighted by Crippen LogP contribution is 2.18. The van der Waals surface area contributed by atoms with E-state index < -0.39 is 0 Å². The summed E-state index contributed by atoms with van der Waals surface area (Å²) >= 11 is 0. The molecule has 3 N–H and O–H groups in total. The van der Waals surface area contributed by atoms with Crippen LogP contribution in [0.5, 0.6) is 0 Å². The average molecular weight is 262 g/mol. The molecule has 0 aromatic carbocycles. The Morgan fingerprint density at radius 1 is 1.32 bits per heavy atom. The zero-order valence-corrected chi connectivity index (χ0v) is 11.3. The van der Waals surface area contributed by atoms with E-state index in [1.54, 1.807) is 6.20 Å². The largest absolute Gasteiger partial charge is 0.357 e. The Kier molecular flexibility index (Phi) is 5.15. The summed E-state index contributed by atoms with van der Waals surface area (Å²) in [5.74, 6) is 0.998. The molecule has 1 aromatic heterocycles. The molecule has 2 rings (SSSR count). The summed E-state index contributed by atoms with van der Waals surface area (Å²) in [4.78, 5) is 18.3. The van der Waals surface area contributed by atoms with Gasteiger partial charge in [-0.15, -0.1) is 0 Å². The second-order valence-electron chi connectivity index (χ2n) is 4.89. The number of hydrogen-bond acceptors (Lipinski definition) is 4. The number of nitrogens with two attached hydrogens (primary N) is 1. The third-order valence-electron chi connectivity index (χ3n) is 3.32. The van der Waals surface area contributed by atoms with Gasteiger partial charge in [0.15, 0.2) is 0 Å². The lowest BCUT2D eigenvalue weighted by atomic mass is 10.1. The van der Waals surface area contributed by atoms with Crippen molar-refractivity contribution in [3.63, 3.8) is 0 Å². The molecule has 1 fully saturated rings. The normalized spacial score (nSPS) is 15.3. The Morgan fingerprint density at radius 3 is 2.74 bits per heavy atom. The van der Waals surface area contributed by atoms with Crippen LogP contribution in [0.15, 0.2) is 18.3 Å². The predicted molar refractivity (Wildman–Crippen MR) is 77.2 cm³/mol. The lowest BCUT2D eigenvalue weighted by Gasteiger charge is -2.27. The third kappa shape index (κ3) is 4.21. The molecule has 1 aliphatic heterocycles. The molecule has 104 valence electrons. The van der Waals surface area contributed by atoms with Gasteiger partial charge in [0.05, 0.1) is 11.9 Å². The Balaban J connectivity index is 1.88. The van der Waals surface area contributed by atoms with Gasteiger partial charge >= 0.3 is 0 Å². The van der Waals surface area contributed by atoms with Crippen molar-refractivity contribution in [2.45, 2.75) is 32.1 Å². The maximum atomic E-state index is 11.6. The summed E-state index contributed by atoms with van der Waals surface area (Å²) in [6.45, 7) is 2.70. The Hall–Kier alpha value is -1.62. The summed E-state index contributed by atoms with van der Waals surface area (Å²) in [6.07, 6.45) is 6.68. The van der Waals surface area contributed by atoms with Crippen molar-refractivity contribution in [2.24, 2.45) is 5.73 Å². The summed E-state index contributed by atoms with van der Waals surface area (Å²) in [6, 6.07) is 3.89. The second-order valence-corrected chi connectivity index (χ2v) is 4.89. The average Bonchev–Trinajstić information content (AvgIpc) is 2.47. The topological polar surface area (TPSA) is 71.2 Å². The molecule has 1 aromatic rings. The van der Waals surface area contributed by atoms with Crippen molar-refractivity contribution in [3.8, 4) is 0 Å². The summed E-state index contributed by atoms with van der Waals surface area (Å²) < 4.78 is 0. The molecule has 1 saturated heterocycles. The zero-order valence-electron chi connectivity index (χ0n) is 11.3. The summed E-state index contributed by atoms with van der Waals surface area (Å²) in [7, 11) is 0. The SMILES string of the molecule is NCCCC(=O)Nc1ccc(N2CCCCC2)nc1. The van der Waals surface area contributed by atoms with Gasteiger partial charge in [-0.05, 0) is 44.4 Å². The van der Waals surface area contributed by atoms with Crippen LogP contribution >= 0.6 is 0 Å². The number of hydrogen-bond donors (Lipinski definition) is 2. The van der Waals surface area contributed by atoms with E-state index in [0.29, 0.717) is 19.4 Å². The minimum Gasteiger partial charge on any atom is -0.357 e. The van der Waals surface area contributed by atoms with Crippen LogP contribution in [0.2, 0.25) is 0 Å². The molecule has 1 aliphatic rings. The summed E-state index contributed by atoms with van der Waals surface area (Å²) in [5, 5.41) is 2.83. The van der Waals surface area contributed by atoms with E-state index in [4.69, 9.17) is 5.73 Å². The first-order chi connectivity index (χ1) is 9.29. The van der Waals surface area contributed by atoms with Crippen molar-refractivity contribution in [2.75, 3.05) is 29.9 Å². The molecule has 19 heavy (non-hydrogen) atoms. The lowest BCUT2D eigenvalue weighted by Crippen LogP contribution is -2.30. The van der Waals surface area contributed by atoms with Crippen LogP contribution < -0.4 is 16.0 Å². The first-order valence-electron chi connectivity index (χ1n) is 7.00. The first kappa shape index (κ1) is 13.8. The molecule has 0 aliphatic carbocycles. The molecule has 5 nitrogen and oxygen atoms in total. The monoisotopic (exact) mass is 262 g/mol. The number of nitrogens with one attached hydrogen (secondary N) is 1. The van der Waals surface area contributed by atoms with Crippen LogP contribution in [0.1, 0.15) is 32.1 Å². The number of amides is 1. The number of aromatic nitrogens is 1. The molecular weight excluding hydrogens is 240 g/mol. The second kappa shape index (κ2) is 7.09. The van der Waals surface area contributed by atoms with Crippen LogP contribution in [-0.4, -0.2) is 30.5 Å². The van der Waals surface area contributed by atoms with E-state index >= 15 is 0 Å². The fourth-order valence-electron chi connectivity index (χ4n) is 2.26. The molecule has 1 amide bonds. The van der Waals surface area contributed by atoms with Crippen molar-refractivity contribution in [1.82, 2.24) is 4.98 Å². The highest BCUT2D eigenvalue weighted by Gasteiger charge is 2.11. The van der Waals surface area contributed by atoms with Gasteiger partial charge in [-0.25, -0.2) is 4.98 Å². The molecule has 0 spiro atoms. The minimum absolute atomic E-state index is 0.00188. The summed E-state index contributed by atoms with van der Waals surface area (Å²) in [5.41, 5.74) is 6.13. The van der Waals surface area contributed by atoms with E-state index in [9.17, 15) is 4.79 Å². The number of rotatable bonds is 5. The third-order valence-corrected chi connectivity index (χ3v) is 3.32. The minimum atomic E-state index is -0.00188. The molecule has 0 radical (unpaired) electrons. The number of carbonyl (C=O) groups excluding carboxylic acids is 1. The van der Waals surface area contributed by atoms with Gasteiger partial charge in [0.25, 0.3) is 0 Å². The fraction of sp³-hybridized carbons (Fsp3) is 0.571. The van der Waals surface area contributed by atoms with Crippen molar-refractivity contribution < 1.29 is 4.79 Å². The lowest BCUT2D eigenvalue weighted by molar-refractivity contribution is -0.116. The van der Waals surface area contributed by atoms with E-state index in [1.807, 2.05) is 12.1 Å². The van der Waals surface area contributed by atoms with E-state index in [2.05, 4.69) is 15.2 Å². The van der Waals surface area contributed by atoms with Gasteiger partial charge in [0.1, 0.15) is 5.82 Å². The van der Waals surface area contributed by atoms with E-state index in [0.717, 1.165) is 24.6 Å². The molecule has 0 unspecified atom stereocenters. The molecule has 0 bridgehead atoms. The van der Waals surface area contributed by atoms with Gasteiger partial charge in [-0.2, -0.15) is 0 Å². The maximum Gasteiger partial charge on any atom is 0.224 e. The highest BCUT2D eigenvalue weighted by molar-refractivity contribution is 5.90. The van der Waals surface area contributed by atoms with Gasteiger partial charge < -0.3 is 16.0 Å². The fourth-order valence-corrected chi connectivity index (χ4v) is 2.26. The molecule has 0 saturated carbocycles. The van der Waals surface area contributed by atoms with Gasteiger partial charge in [0.2, 0.25) is 5.91 Å². The van der Waals surface area contributed by atoms with Gasteiger partial charge in [-0.1, -0.05) is 0 Å². The number of carbonyl (C=O) groups is 1. The Labute approximate surface area is 114 Å². The number of pyridine rings is 1. The molecule has 0 atom stereocenters. The van der Waals surface area contributed by atoms with E-state index in [-0.39, 0.29) is 5.91 Å². The van der Waals surface area contributed by atoms with Crippen LogP contribution in [0.3, 0.4) is 0 Å². The first-order valence-corrected chi connectivity index (χ1v) is 7.00. The van der Waals surface area contributed by atoms with Crippen molar-refractivity contribution in [3.05, 3.63) is 18.3 Å². The Bertz CT molecular complexity index is 398. The molecule has 5 heteroatoms. The standard InChI is InChI=1S/C14H22N4O/c15-8-4-5-14(19)17-12-6-7-13(16-11-12)18-9-2-1-3-10-18/h6-7,11H,1-5,8-10,15H2,(H,17,19). The van der Waals surface area contributed by atoms with Crippen LogP contribution in [0.4, 0.5) is 11.5 Å². The highest BCUT2D eigenvalue weighted by atomic mass is 16.1. The quantitative estimate of drug-likeness (QED) is 0.848. The molecular formula is C14H22N4O. The zero-order chi connectivity index (χ0) is 13.5. The van der Waals surface area contributed by atoms with Crippen molar-refractivity contribution in [1.29, 1.82) is 0 Å². The maximum absolute atomic E-state index is 11.6. The van der Waals surface area contributed by atoms with Crippen molar-refractivity contribution >= 4 is 17.4 Å². The number of nitrogens with zero attached hydrogens (tertiary/aromatic N) is 2. The Morgan fingerprint density at radius 2 is 2.11 bits per heavy atom. The van der Waals surface area contributed by atoms with Crippen LogP contribution in [0, 0.1) is 0 Å². The van der Waals surface area contributed by atoms with Crippen LogP contribution in [-0.2, 0) is 4.79 Å². The van der Waals surface area contributed by atoms with Gasteiger partial charge in [0, 0.05) is 19.5 Å².